The normalized spacial score (nSPS) is 16.0. The van der Waals surface area contributed by atoms with Crippen LogP contribution in [0, 0.1) is 5.82 Å². The Hall–Kier alpha value is -2.11. The van der Waals surface area contributed by atoms with Crippen LogP contribution in [0.5, 0.6) is 0 Å². The van der Waals surface area contributed by atoms with E-state index in [4.69, 9.17) is 4.98 Å². The van der Waals surface area contributed by atoms with Crippen LogP contribution in [0.1, 0.15) is 47.0 Å². The summed E-state index contributed by atoms with van der Waals surface area (Å²) in [7, 11) is 0. The van der Waals surface area contributed by atoms with Crippen molar-refractivity contribution < 1.29 is 9.18 Å². The molecular formula is C22H23FN2OS. The number of carbonyl (C=O) groups is 1. The lowest BCUT2D eigenvalue weighted by Crippen LogP contribution is -2.33. The third-order valence-electron chi connectivity index (χ3n) is 5.29. The van der Waals surface area contributed by atoms with Crippen LogP contribution in [0.25, 0.3) is 10.2 Å². The van der Waals surface area contributed by atoms with Crippen LogP contribution in [0.4, 0.5) is 4.39 Å². The van der Waals surface area contributed by atoms with Crippen molar-refractivity contribution in [2.45, 2.75) is 31.6 Å². The maximum Gasteiger partial charge on any atom is 0.162 e. The van der Waals surface area contributed by atoms with Crippen molar-refractivity contribution >= 4 is 27.3 Å². The molecule has 140 valence electrons. The Morgan fingerprint density at radius 1 is 1.11 bits per heavy atom. The lowest BCUT2D eigenvalue weighted by Gasteiger charge is -2.30. The molecule has 0 spiro atoms. The molecule has 2 aromatic carbocycles. The zero-order valence-corrected chi connectivity index (χ0v) is 16.1. The SMILES string of the molecule is O=C(CCCN1CCC(c2nc3ccccc3s2)CC1)c1ccc(F)cc1. The number of halogens is 1. The summed E-state index contributed by atoms with van der Waals surface area (Å²) in [6, 6.07) is 14.2. The van der Waals surface area contributed by atoms with E-state index in [2.05, 4.69) is 23.1 Å². The highest BCUT2D eigenvalue weighted by Gasteiger charge is 2.23. The number of rotatable bonds is 6. The molecule has 3 aromatic rings. The van der Waals surface area contributed by atoms with Crippen LogP contribution in [-0.2, 0) is 0 Å². The van der Waals surface area contributed by atoms with Gasteiger partial charge in [-0.15, -0.1) is 11.3 Å². The number of hydrogen-bond acceptors (Lipinski definition) is 4. The zero-order chi connectivity index (χ0) is 18.6. The number of benzene rings is 2. The summed E-state index contributed by atoms with van der Waals surface area (Å²) >= 11 is 1.82. The minimum Gasteiger partial charge on any atom is -0.303 e. The van der Waals surface area contributed by atoms with Gasteiger partial charge in [-0.05, 0) is 75.3 Å². The van der Waals surface area contributed by atoms with E-state index in [0.717, 1.165) is 44.4 Å². The lowest BCUT2D eigenvalue weighted by atomic mass is 9.97. The lowest BCUT2D eigenvalue weighted by molar-refractivity contribution is 0.0972. The van der Waals surface area contributed by atoms with Crippen molar-refractivity contribution in [2.75, 3.05) is 19.6 Å². The molecule has 0 atom stereocenters. The van der Waals surface area contributed by atoms with Crippen molar-refractivity contribution in [1.82, 2.24) is 9.88 Å². The molecule has 1 aliphatic heterocycles. The highest BCUT2D eigenvalue weighted by Crippen LogP contribution is 2.33. The predicted molar refractivity (Wildman–Crippen MR) is 108 cm³/mol. The van der Waals surface area contributed by atoms with Crippen LogP contribution in [0.3, 0.4) is 0 Å². The van der Waals surface area contributed by atoms with Crippen LogP contribution in [0.15, 0.2) is 48.5 Å². The smallest absolute Gasteiger partial charge is 0.162 e. The number of likely N-dealkylation sites (tertiary alicyclic amines) is 1. The second-order valence-corrected chi connectivity index (χ2v) is 8.23. The van der Waals surface area contributed by atoms with Crippen molar-refractivity contribution in [1.29, 1.82) is 0 Å². The summed E-state index contributed by atoms with van der Waals surface area (Å²) in [4.78, 5) is 19.4. The standard InChI is InChI=1S/C22H23FN2OS/c23-18-9-7-16(8-10-18)20(26)5-3-13-25-14-11-17(12-15-25)22-24-19-4-1-2-6-21(19)27-22/h1-2,4,6-10,17H,3,5,11-15H2. The highest BCUT2D eigenvalue weighted by molar-refractivity contribution is 7.18. The Morgan fingerprint density at radius 2 is 1.85 bits per heavy atom. The van der Waals surface area contributed by atoms with Crippen LogP contribution < -0.4 is 0 Å². The first kappa shape index (κ1) is 18.3. The molecule has 2 heterocycles. The van der Waals surface area contributed by atoms with Crippen LogP contribution in [-0.4, -0.2) is 35.3 Å². The van der Waals surface area contributed by atoms with E-state index in [1.807, 2.05) is 17.4 Å². The maximum absolute atomic E-state index is 12.9. The summed E-state index contributed by atoms with van der Waals surface area (Å²) in [6.45, 7) is 3.07. The fourth-order valence-electron chi connectivity index (χ4n) is 3.71. The molecule has 0 aliphatic carbocycles. The number of carbonyl (C=O) groups excluding carboxylic acids is 1. The number of nitrogens with zero attached hydrogens (tertiary/aromatic N) is 2. The van der Waals surface area contributed by atoms with Gasteiger partial charge in [0.1, 0.15) is 5.82 Å². The van der Waals surface area contributed by atoms with Gasteiger partial charge in [0, 0.05) is 17.9 Å². The number of ketones is 1. The number of Topliss-reactive ketones (excluding diaryl/α,β-unsaturated/α-hetero) is 1. The van der Waals surface area contributed by atoms with Gasteiger partial charge in [0.15, 0.2) is 5.78 Å². The molecule has 0 N–H and O–H groups in total. The van der Waals surface area contributed by atoms with Gasteiger partial charge in [0.05, 0.1) is 15.2 Å². The van der Waals surface area contributed by atoms with Crippen LogP contribution in [0.2, 0.25) is 0 Å². The first-order valence-electron chi connectivity index (χ1n) is 9.55. The van der Waals surface area contributed by atoms with E-state index in [-0.39, 0.29) is 11.6 Å². The Balaban J connectivity index is 1.23. The third kappa shape index (κ3) is 4.42. The average Bonchev–Trinajstić information content (AvgIpc) is 3.13. The van der Waals surface area contributed by atoms with Crippen LogP contribution >= 0.6 is 11.3 Å². The molecule has 0 saturated carbocycles. The second-order valence-electron chi connectivity index (χ2n) is 7.17. The van der Waals surface area contributed by atoms with E-state index >= 15 is 0 Å². The van der Waals surface area contributed by atoms with E-state index in [0.29, 0.717) is 17.9 Å². The molecular weight excluding hydrogens is 359 g/mol. The molecule has 5 heteroatoms. The van der Waals surface area contributed by atoms with Gasteiger partial charge in [-0.25, -0.2) is 9.37 Å². The predicted octanol–water partition coefficient (Wildman–Crippen LogP) is 5.28. The second kappa shape index (κ2) is 8.28. The quantitative estimate of drug-likeness (QED) is 0.544. The fraction of sp³-hybridized carbons (Fsp3) is 0.364. The molecule has 1 saturated heterocycles. The number of piperidine rings is 1. The molecule has 1 fully saturated rings. The van der Waals surface area contributed by atoms with Gasteiger partial charge in [-0.2, -0.15) is 0 Å². The topological polar surface area (TPSA) is 33.2 Å². The molecule has 1 aromatic heterocycles. The van der Waals surface area contributed by atoms with E-state index in [9.17, 15) is 9.18 Å². The number of para-hydroxylation sites is 1. The highest BCUT2D eigenvalue weighted by atomic mass is 32.1. The van der Waals surface area contributed by atoms with Crippen molar-refractivity contribution in [3.05, 3.63) is 64.9 Å². The Labute approximate surface area is 162 Å². The monoisotopic (exact) mass is 382 g/mol. The van der Waals surface area contributed by atoms with E-state index < -0.39 is 0 Å². The van der Waals surface area contributed by atoms with E-state index in [1.54, 1.807) is 12.1 Å². The number of aromatic nitrogens is 1. The molecule has 0 unspecified atom stereocenters. The summed E-state index contributed by atoms with van der Waals surface area (Å²) in [6.07, 6.45) is 3.63. The fourth-order valence-corrected chi connectivity index (χ4v) is 4.85. The average molecular weight is 383 g/mol. The van der Waals surface area contributed by atoms with Crippen molar-refractivity contribution in [3.8, 4) is 0 Å². The van der Waals surface area contributed by atoms with Crippen molar-refractivity contribution in [2.24, 2.45) is 0 Å². The minimum atomic E-state index is -0.303. The first-order valence-corrected chi connectivity index (χ1v) is 10.4. The molecule has 1 aliphatic rings. The van der Waals surface area contributed by atoms with Gasteiger partial charge >= 0.3 is 0 Å². The van der Waals surface area contributed by atoms with Gasteiger partial charge in [0.2, 0.25) is 0 Å². The van der Waals surface area contributed by atoms with Crippen molar-refractivity contribution in [3.63, 3.8) is 0 Å². The minimum absolute atomic E-state index is 0.0966. The van der Waals surface area contributed by atoms with Gasteiger partial charge < -0.3 is 4.90 Å². The molecule has 0 radical (unpaired) electrons. The number of hydrogen-bond donors (Lipinski definition) is 0. The summed E-state index contributed by atoms with van der Waals surface area (Å²) < 4.78 is 14.2. The first-order chi connectivity index (χ1) is 13.2. The molecule has 0 bridgehead atoms. The zero-order valence-electron chi connectivity index (χ0n) is 15.2. The Bertz CT molecular complexity index is 880. The largest absolute Gasteiger partial charge is 0.303 e. The molecule has 27 heavy (non-hydrogen) atoms. The molecule has 0 amide bonds. The summed E-state index contributed by atoms with van der Waals surface area (Å²) in [5.74, 6) is 0.349. The Morgan fingerprint density at radius 3 is 2.59 bits per heavy atom. The van der Waals surface area contributed by atoms with Gasteiger partial charge in [0.25, 0.3) is 0 Å². The maximum atomic E-state index is 12.9. The van der Waals surface area contributed by atoms with Gasteiger partial charge in [-0.1, -0.05) is 12.1 Å². The number of thiazole rings is 1. The molecule has 4 rings (SSSR count). The number of fused-ring (bicyclic) bond motifs is 1. The Kier molecular flexibility index (Phi) is 5.60. The summed E-state index contributed by atoms with van der Waals surface area (Å²) in [5.41, 5.74) is 1.71. The molecule has 3 nitrogen and oxygen atoms in total. The third-order valence-corrected chi connectivity index (χ3v) is 6.49. The van der Waals surface area contributed by atoms with E-state index in [1.165, 1.54) is 21.8 Å². The summed E-state index contributed by atoms with van der Waals surface area (Å²) in [5, 5.41) is 1.27. The van der Waals surface area contributed by atoms with Gasteiger partial charge in [-0.3, -0.25) is 4.79 Å².